The largest absolute Gasteiger partial charge is 0.481 e. The average Bonchev–Trinajstić information content (AvgIpc) is 2.70. The molecule has 2 N–H and O–H groups in total. The Kier molecular flexibility index (Phi) is 3.69. The molecule has 0 fully saturated rings. The van der Waals surface area contributed by atoms with Gasteiger partial charge in [0, 0.05) is 28.6 Å². The second-order valence-electron chi connectivity index (χ2n) is 4.68. The first-order valence-corrected chi connectivity index (χ1v) is 6.39. The number of nitrogens with one attached hydrogen (secondary N) is 1. The monoisotopic (exact) mass is 259 g/mol. The second kappa shape index (κ2) is 5.26. The normalized spacial score (nSPS) is 10.8. The molecule has 100 valence electrons. The fraction of sp³-hybridized carbons (Fsp3) is 0.333. The molecule has 2 aromatic rings. The van der Waals surface area contributed by atoms with Crippen molar-refractivity contribution in [2.45, 2.75) is 33.1 Å². The molecule has 1 aromatic heterocycles. The van der Waals surface area contributed by atoms with E-state index in [1.807, 2.05) is 25.1 Å². The Bertz CT molecular complexity index is 640. The molecule has 1 aromatic carbocycles. The first-order valence-electron chi connectivity index (χ1n) is 6.39. The van der Waals surface area contributed by atoms with Gasteiger partial charge >= 0.3 is 5.97 Å². The maximum Gasteiger partial charge on any atom is 0.303 e. The minimum absolute atomic E-state index is 0.0412. The van der Waals surface area contributed by atoms with E-state index in [9.17, 15) is 9.59 Å². The van der Waals surface area contributed by atoms with Crippen LogP contribution in [0.5, 0.6) is 0 Å². The summed E-state index contributed by atoms with van der Waals surface area (Å²) < 4.78 is 0. The molecule has 4 nitrogen and oxygen atoms in total. The lowest BCUT2D eigenvalue weighted by Crippen LogP contribution is -2.04. The van der Waals surface area contributed by atoms with Crippen LogP contribution in [0.2, 0.25) is 0 Å². The number of carboxylic acids is 1. The van der Waals surface area contributed by atoms with E-state index in [1.54, 1.807) is 0 Å². The molecule has 0 atom stereocenters. The van der Waals surface area contributed by atoms with Crippen molar-refractivity contribution in [3.63, 3.8) is 0 Å². The molecule has 1 heterocycles. The Labute approximate surface area is 111 Å². The van der Waals surface area contributed by atoms with Gasteiger partial charge in [0.1, 0.15) is 0 Å². The van der Waals surface area contributed by atoms with Crippen LogP contribution in [0.1, 0.15) is 41.4 Å². The van der Waals surface area contributed by atoms with Crippen LogP contribution >= 0.6 is 0 Å². The lowest BCUT2D eigenvalue weighted by Gasteiger charge is -2.01. The summed E-state index contributed by atoms with van der Waals surface area (Å²) in [5.74, 6) is -1.06. The predicted molar refractivity (Wildman–Crippen MR) is 73.6 cm³/mol. The number of benzene rings is 1. The number of hydrogen-bond acceptors (Lipinski definition) is 2. The second-order valence-corrected chi connectivity index (χ2v) is 4.68. The number of carboxylic acid groups (broad SMARTS) is 1. The van der Waals surface area contributed by atoms with Gasteiger partial charge in [-0.3, -0.25) is 9.59 Å². The number of carbonyl (C=O) groups excluding carboxylic acids is 1. The smallest absolute Gasteiger partial charge is 0.303 e. The van der Waals surface area contributed by atoms with Crippen LogP contribution in [0.25, 0.3) is 10.9 Å². The van der Waals surface area contributed by atoms with Crippen molar-refractivity contribution in [3.8, 4) is 0 Å². The number of aromatic nitrogens is 1. The molecule has 19 heavy (non-hydrogen) atoms. The summed E-state index contributed by atoms with van der Waals surface area (Å²) in [5, 5.41) is 9.56. The quantitative estimate of drug-likeness (QED) is 0.810. The summed E-state index contributed by atoms with van der Waals surface area (Å²) in [6.07, 6.45) is 0.820. The van der Waals surface area contributed by atoms with E-state index < -0.39 is 5.97 Å². The van der Waals surface area contributed by atoms with Gasteiger partial charge in [-0.1, -0.05) is 13.0 Å². The van der Waals surface area contributed by atoms with Crippen LogP contribution < -0.4 is 0 Å². The van der Waals surface area contributed by atoms with E-state index >= 15 is 0 Å². The van der Waals surface area contributed by atoms with Gasteiger partial charge in [-0.05, 0) is 31.0 Å². The minimum Gasteiger partial charge on any atom is -0.481 e. The van der Waals surface area contributed by atoms with Crippen molar-refractivity contribution in [1.29, 1.82) is 0 Å². The highest BCUT2D eigenvalue weighted by Crippen LogP contribution is 2.25. The van der Waals surface area contributed by atoms with Crippen LogP contribution in [0.4, 0.5) is 0 Å². The van der Waals surface area contributed by atoms with Crippen molar-refractivity contribution >= 4 is 22.7 Å². The van der Waals surface area contributed by atoms with Crippen molar-refractivity contribution in [2.75, 3.05) is 0 Å². The number of aliphatic carboxylic acids is 1. The lowest BCUT2D eigenvalue weighted by molar-refractivity contribution is -0.136. The molecule has 0 bridgehead atoms. The van der Waals surface area contributed by atoms with E-state index in [0.29, 0.717) is 5.56 Å². The zero-order valence-electron chi connectivity index (χ0n) is 11.1. The van der Waals surface area contributed by atoms with Crippen molar-refractivity contribution < 1.29 is 14.7 Å². The molecule has 0 unspecified atom stereocenters. The van der Waals surface area contributed by atoms with Gasteiger partial charge < -0.3 is 10.1 Å². The van der Waals surface area contributed by atoms with Crippen LogP contribution in [0.3, 0.4) is 0 Å². The summed E-state index contributed by atoms with van der Waals surface area (Å²) in [5.41, 5.74) is 3.53. The summed E-state index contributed by atoms with van der Waals surface area (Å²) in [6.45, 7) is 3.91. The topological polar surface area (TPSA) is 70.2 Å². The van der Waals surface area contributed by atoms with Crippen LogP contribution in [0.15, 0.2) is 18.2 Å². The fourth-order valence-electron chi connectivity index (χ4n) is 2.30. The molecule has 2 rings (SSSR count). The number of Topliss-reactive ketones (excluding diaryl/α,β-unsaturated/α-hetero) is 1. The van der Waals surface area contributed by atoms with Gasteiger partial charge in [0.05, 0.1) is 6.42 Å². The molecule has 0 saturated heterocycles. The van der Waals surface area contributed by atoms with E-state index in [2.05, 4.69) is 11.9 Å². The molecular formula is C15H17NO3. The minimum atomic E-state index is -0.944. The third kappa shape index (κ3) is 2.67. The number of aromatic amines is 1. The number of fused-ring (bicyclic) bond motifs is 1. The molecule has 0 spiro atoms. The first-order chi connectivity index (χ1) is 9.02. The number of hydrogen-bond donors (Lipinski definition) is 2. The predicted octanol–water partition coefficient (Wildman–Crippen LogP) is 3.09. The Morgan fingerprint density at radius 2 is 2.00 bits per heavy atom. The number of rotatable bonds is 5. The molecule has 0 amide bonds. The van der Waals surface area contributed by atoms with Crippen LogP contribution in [-0.2, 0) is 11.2 Å². The summed E-state index contributed by atoms with van der Waals surface area (Å²) in [6, 6.07) is 6.01. The Morgan fingerprint density at radius 1 is 1.26 bits per heavy atom. The Balaban J connectivity index is 2.43. The van der Waals surface area contributed by atoms with Gasteiger partial charge in [-0.15, -0.1) is 0 Å². The molecule has 4 heteroatoms. The molecule has 0 aliphatic rings. The number of ketones is 1. The Morgan fingerprint density at radius 3 is 2.63 bits per heavy atom. The van der Waals surface area contributed by atoms with Crippen LogP contribution in [0, 0.1) is 6.92 Å². The van der Waals surface area contributed by atoms with Gasteiger partial charge in [-0.2, -0.15) is 0 Å². The van der Waals surface area contributed by atoms with E-state index in [-0.39, 0.29) is 18.6 Å². The summed E-state index contributed by atoms with van der Waals surface area (Å²) in [4.78, 5) is 25.9. The third-order valence-electron chi connectivity index (χ3n) is 3.30. The van der Waals surface area contributed by atoms with E-state index in [4.69, 9.17) is 5.11 Å². The van der Waals surface area contributed by atoms with Crippen molar-refractivity contribution in [3.05, 3.63) is 35.0 Å². The highest BCUT2D eigenvalue weighted by Gasteiger charge is 2.17. The van der Waals surface area contributed by atoms with Crippen LogP contribution in [-0.4, -0.2) is 21.8 Å². The molecular weight excluding hydrogens is 242 g/mol. The number of H-pyrrole nitrogens is 1. The molecule has 0 aliphatic heterocycles. The lowest BCUT2D eigenvalue weighted by atomic mass is 10.0. The molecule has 0 aliphatic carbocycles. The van der Waals surface area contributed by atoms with Crippen molar-refractivity contribution in [1.82, 2.24) is 4.98 Å². The number of carbonyl (C=O) groups is 2. The number of aryl methyl sites for hydroxylation is 2. The van der Waals surface area contributed by atoms with Crippen molar-refractivity contribution in [2.24, 2.45) is 0 Å². The maximum absolute atomic E-state index is 12.2. The maximum atomic E-state index is 12.2. The average molecular weight is 259 g/mol. The van der Waals surface area contributed by atoms with Gasteiger partial charge in [0.25, 0.3) is 0 Å². The Hall–Kier alpha value is -2.10. The standard InChI is InChI=1S/C15H17NO3/c1-3-10-4-5-12-11(8-10)15(9(2)16-12)13(17)6-7-14(18)19/h4-5,8,16H,3,6-7H2,1-2H3,(H,18,19). The van der Waals surface area contributed by atoms with Gasteiger partial charge in [0.15, 0.2) is 5.78 Å². The fourth-order valence-corrected chi connectivity index (χ4v) is 2.30. The zero-order chi connectivity index (χ0) is 14.0. The highest BCUT2D eigenvalue weighted by molar-refractivity contribution is 6.09. The van der Waals surface area contributed by atoms with Gasteiger partial charge in [-0.25, -0.2) is 0 Å². The summed E-state index contributed by atoms with van der Waals surface area (Å²) in [7, 11) is 0. The van der Waals surface area contributed by atoms with E-state index in [0.717, 1.165) is 23.0 Å². The molecule has 0 radical (unpaired) electrons. The third-order valence-corrected chi connectivity index (χ3v) is 3.30. The SMILES string of the molecule is CCc1ccc2[nH]c(C)c(C(=O)CCC(=O)O)c2c1. The highest BCUT2D eigenvalue weighted by atomic mass is 16.4. The van der Waals surface area contributed by atoms with Gasteiger partial charge in [0.2, 0.25) is 0 Å². The summed E-state index contributed by atoms with van der Waals surface area (Å²) >= 11 is 0. The van der Waals surface area contributed by atoms with E-state index in [1.165, 1.54) is 5.56 Å². The molecule has 0 saturated carbocycles. The zero-order valence-corrected chi connectivity index (χ0v) is 11.1. The first kappa shape index (κ1) is 13.3.